The molecule has 18 heteroatoms. The molecule has 2 saturated carbocycles. The molecule has 2 aromatic heterocycles. The zero-order valence-corrected chi connectivity index (χ0v) is 37.3. The fourth-order valence-electron chi connectivity index (χ4n) is 10.9. The molecule has 5 N–H and O–H groups in total. The number of fused-ring (bicyclic) bond motifs is 6. The normalized spacial score (nSPS) is 29.5. The summed E-state index contributed by atoms with van der Waals surface area (Å²) in [6, 6.07) is 30.7. The van der Waals surface area contributed by atoms with Gasteiger partial charge in [-0.05, 0) is 22.3 Å². The Kier molecular flexibility index (Phi) is 11.8. The van der Waals surface area contributed by atoms with E-state index in [0.717, 1.165) is 0 Å². The molecule has 4 aliphatic rings. The zero-order valence-electron chi connectivity index (χ0n) is 35.8. The van der Waals surface area contributed by atoms with Crippen molar-refractivity contribution in [3.05, 3.63) is 189 Å². The monoisotopic (exact) mass is 973 g/mol. The number of aliphatic hydroxyl groups is 4. The number of amides is 1. The van der Waals surface area contributed by atoms with Gasteiger partial charge in [0.05, 0.1) is 21.9 Å². The molecule has 4 aromatic carbocycles. The van der Waals surface area contributed by atoms with Crippen molar-refractivity contribution in [2.75, 3.05) is 14.1 Å². The lowest BCUT2D eigenvalue weighted by molar-refractivity contribution is -0.160. The predicted octanol–water partition coefficient (Wildman–Crippen LogP) is 8.02. The number of hydrogen-bond acceptors (Lipinski definition) is 10. The number of benzene rings is 4. The summed E-state index contributed by atoms with van der Waals surface area (Å²) in [5.41, 5.74) is -6.97. The highest BCUT2D eigenvalue weighted by molar-refractivity contribution is 6.30. The first kappa shape index (κ1) is 46.9. The van der Waals surface area contributed by atoms with Gasteiger partial charge in [-0.2, -0.15) is 0 Å². The Morgan fingerprint density at radius 2 is 0.985 bits per heavy atom. The van der Waals surface area contributed by atoms with Crippen LogP contribution in [0.4, 0.5) is 17.6 Å². The highest BCUT2D eigenvalue weighted by Gasteiger charge is 2.79. The highest BCUT2D eigenvalue weighted by atomic mass is 35.5. The van der Waals surface area contributed by atoms with Crippen molar-refractivity contribution in [1.82, 2.24) is 14.9 Å². The Hall–Kier alpha value is -6.14. The van der Waals surface area contributed by atoms with Crippen LogP contribution in [0.1, 0.15) is 69.5 Å². The van der Waals surface area contributed by atoms with Crippen molar-refractivity contribution in [2.24, 2.45) is 11.8 Å². The third-order valence-corrected chi connectivity index (χ3v) is 14.1. The van der Waals surface area contributed by atoms with Crippen molar-refractivity contribution < 1.29 is 62.2 Å². The maximum Gasteiger partial charge on any atom is 0.310 e. The van der Waals surface area contributed by atoms with E-state index in [4.69, 9.17) is 32.7 Å². The van der Waals surface area contributed by atoms with E-state index in [-0.39, 0.29) is 49.6 Å². The van der Waals surface area contributed by atoms with Crippen molar-refractivity contribution in [3.63, 3.8) is 0 Å². The Bertz CT molecular complexity index is 2890. The molecule has 10 rings (SSSR count). The van der Waals surface area contributed by atoms with Gasteiger partial charge < -0.3 is 39.9 Å². The summed E-state index contributed by atoms with van der Waals surface area (Å²) in [6.07, 6.45) is -6.29. The summed E-state index contributed by atoms with van der Waals surface area (Å²) >= 11 is 12.2. The second-order valence-corrected chi connectivity index (χ2v) is 18.2. The van der Waals surface area contributed by atoms with Crippen LogP contribution in [0.5, 0.6) is 11.5 Å². The first-order valence-electron chi connectivity index (χ1n) is 21.2. The van der Waals surface area contributed by atoms with E-state index in [1.54, 1.807) is 74.8 Å². The molecular weight excluding hydrogens is 933 g/mol. The summed E-state index contributed by atoms with van der Waals surface area (Å²) in [5, 5.41) is 58.0. The molecule has 0 spiro atoms. The average Bonchev–Trinajstić information content (AvgIpc) is 3.89. The molecule has 0 radical (unpaired) electrons. The fourth-order valence-corrected chi connectivity index (χ4v) is 11.2. The SMILES string of the molecule is CN(C)C(=O)[C@H]1[C@@H](O)[C@@]2(O)c3ncc(Cl)cc3O[C@@]2(c2ccc(C(F)F)cc2)[C@@H]1c1ccccc1.O=C(O)[C@H]1[C@@H](O)[C@@]2(O)c3ncc(Cl)cc3O[C@@]2(c2ccc(C(F)F)cc2)[C@@H]1c1ccccc1. The number of carbonyl (C=O) groups is 2. The van der Waals surface area contributed by atoms with E-state index in [1.165, 1.54) is 78.0 Å². The number of alkyl halides is 4. The van der Waals surface area contributed by atoms with Crippen LogP contribution in [-0.4, -0.2) is 78.6 Å². The maximum atomic E-state index is 13.5. The van der Waals surface area contributed by atoms with Crippen LogP contribution in [0.15, 0.2) is 134 Å². The summed E-state index contributed by atoms with van der Waals surface area (Å²) < 4.78 is 65.9. The van der Waals surface area contributed by atoms with E-state index in [2.05, 4.69) is 9.97 Å². The second-order valence-electron chi connectivity index (χ2n) is 17.3. The Labute approximate surface area is 396 Å². The molecular formula is C50H41Cl2F4N3O9. The van der Waals surface area contributed by atoms with Crippen molar-refractivity contribution in [2.45, 2.75) is 59.3 Å². The molecule has 0 unspecified atom stereocenters. The van der Waals surface area contributed by atoms with Crippen molar-refractivity contribution in [3.8, 4) is 11.5 Å². The molecule has 68 heavy (non-hydrogen) atoms. The van der Waals surface area contributed by atoms with Crippen molar-refractivity contribution in [1.29, 1.82) is 0 Å². The van der Waals surface area contributed by atoms with E-state index < -0.39 is 83.0 Å². The molecule has 2 fully saturated rings. The van der Waals surface area contributed by atoms with Gasteiger partial charge in [-0.1, -0.05) is 132 Å². The minimum Gasteiger partial charge on any atom is -0.481 e. The number of halogens is 6. The molecule has 1 amide bonds. The number of aliphatic carboxylic acids is 1. The standard InChI is InChI=1S/C26H23ClF2N2O4.C24H18ClF2NO5/c1-31(2)24(33)19-20(14-6-4-3-5-7-14)26(16-10-8-15(9-11-16)23(28)29)25(34,22(19)32)21-18(35-26)12-17(27)13-30-21;25-15-10-16-19(28-11-15)23(32)20(29)17(22(30)31)18(12-4-2-1-3-5-12)24(23,33-16)14-8-6-13(7-9-14)21(26)27/h3-13,19-20,22-23,32,34H,1-2H3;1-11,17-18,20-21,29,32H,(H,30,31)/t19-,20-,22-,25+,26+;17-,18-,20-,23+,24+/m11/s1. The lowest BCUT2D eigenvalue weighted by atomic mass is 9.71. The van der Waals surface area contributed by atoms with Gasteiger partial charge in [0.2, 0.25) is 5.91 Å². The number of hydrogen-bond donors (Lipinski definition) is 5. The minimum absolute atomic E-state index is 0.0299. The number of nitrogens with zero attached hydrogens (tertiary/aromatic N) is 3. The van der Waals surface area contributed by atoms with Crippen LogP contribution in [0.25, 0.3) is 0 Å². The number of rotatable bonds is 8. The number of carbonyl (C=O) groups excluding carboxylic acids is 1. The van der Waals surface area contributed by atoms with E-state index in [0.29, 0.717) is 16.7 Å². The average molecular weight is 975 g/mol. The van der Waals surface area contributed by atoms with Gasteiger partial charge in [0.1, 0.15) is 35.1 Å². The number of aliphatic hydroxyl groups excluding tert-OH is 2. The molecule has 2 aliphatic carbocycles. The van der Waals surface area contributed by atoms with Crippen LogP contribution in [0, 0.1) is 11.8 Å². The molecule has 6 aromatic rings. The summed E-state index contributed by atoms with van der Waals surface area (Å²) in [5.74, 6) is -6.15. The topological polar surface area (TPSA) is 183 Å². The van der Waals surface area contributed by atoms with Gasteiger partial charge >= 0.3 is 5.97 Å². The largest absolute Gasteiger partial charge is 0.481 e. The van der Waals surface area contributed by atoms with Gasteiger partial charge in [-0.25, -0.2) is 17.6 Å². The Morgan fingerprint density at radius 1 is 0.618 bits per heavy atom. The van der Waals surface area contributed by atoms with Crippen LogP contribution >= 0.6 is 23.2 Å². The van der Waals surface area contributed by atoms with Crippen molar-refractivity contribution >= 4 is 35.1 Å². The molecule has 4 heterocycles. The van der Waals surface area contributed by atoms with E-state index >= 15 is 0 Å². The lowest BCUT2D eigenvalue weighted by Gasteiger charge is -2.40. The first-order chi connectivity index (χ1) is 32.3. The van der Waals surface area contributed by atoms with Crippen LogP contribution in [-0.2, 0) is 32.0 Å². The molecule has 12 nitrogen and oxygen atoms in total. The number of carboxylic acids is 1. The predicted molar refractivity (Wildman–Crippen MR) is 237 cm³/mol. The van der Waals surface area contributed by atoms with Gasteiger partial charge in [-0.3, -0.25) is 19.6 Å². The number of pyridine rings is 2. The third-order valence-electron chi connectivity index (χ3n) is 13.7. The quantitative estimate of drug-likeness (QED) is 0.0932. The third kappa shape index (κ3) is 6.71. The Morgan fingerprint density at radius 3 is 1.34 bits per heavy atom. The van der Waals surface area contributed by atoms with E-state index in [9.17, 15) is 52.7 Å². The number of ether oxygens (including phenoxy) is 2. The van der Waals surface area contributed by atoms with Crippen LogP contribution < -0.4 is 9.47 Å². The van der Waals surface area contributed by atoms with Crippen LogP contribution in [0.3, 0.4) is 0 Å². The van der Waals surface area contributed by atoms with Crippen LogP contribution in [0.2, 0.25) is 10.0 Å². The Balaban J connectivity index is 0.000000170. The zero-order chi connectivity index (χ0) is 48.7. The van der Waals surface area contributed by atoms with E-state index in [1.807, 2.05) is 0 Å². The van der Waals surface area contributed by atoms with Gasteiger partial charge in [0.15, 0.2) is 22.4 Å². The summed E-state index contributed by atoms with van der Waals surface area (Å²) in [7, 11) is 3.12. The van der Waals surface area contributed by atoms with Gasteiger partial charge in [0, 0.05) is 61.6 Å². The molecule has 2 aliphatic heterocycles. The first-order valence-corrected chi connectivity index (χ1v) is 21.9. The fraction of sp³-hybridized carbons (Fsp3) is 0.280. The molecule has 0 bridgehead atoms. The molecule has 352 valence electrons. The molecule has 0 saturated heterocycles. The maximum absolute atomic E-state index is 13.5. The minimum atomic E-state index is -2.72. The molecule has 10 atom stereocenters. The summed E-state index contributed by atoms with van der Waals surface area (Å²) in [6.45, 7) is 0. The second kappa shape index (κ2) is 17.1. The lowest BCUT2D eigenvalue weighted by Crippen LogP contribution is -2.52. The smallest absolute Gasteiger partial charge is 0.310 e. The van der Waals surface area contributed by atoms with Gasteiger partial charge in [0.25, 0.3) is 12.9 Å². The summed E-state index contributed by atoms with van der Waals surface area (Å²) in [4.78, 5) is 35.7. The number of carboxylic acid groups (broad SMARTS) is 1. The number of aromatic nitrogens is 2. The highest BCUT2D eigenvalue weighted by Crippen LogP contribution is 2.70. The van der Waals surface area contributed by atoms with Gasteiger partial charge in [-0.15, -0.1) is 0 Å².